The van der Waals surface area contributed by atoms with E-state index < -0.39 is 42.4 Å². The standard InChI is InChI=1S/C23H30ClN3O6S3/c1-15-11-18(36(32,33)17-7-9-35(30,31)10-8-17)13-21(28)27(15)19(12-16-5-3-2-4-6-16)22(29)26-23-25-14-20(24)34-23/h11,13-14,16-17,19H,2-10,12H2,1H3,(H,25,26,29)/t19-/m1/s1. The van der Waals surface area contributed by atoms with Gasteiger partial charge in [-0.15, -0.1) is 0 Å². The maximum absolute atomic E-state index is 13.4. The molecule has 2 aromatic heterocycles. The van der Waals surface area contributed by atoms with Gasteiger partial charge in [-0.2, -0.15) is 0 Å². The van der Waals surface area contributed by atoms with E-state index in [-0.39, 0.29) is 35.2 Å². The molecule has 4 rings (SSSR count). The molecule has 1 N–H and O–H groups in total. The van der Waals surface area contributed by atoms with Crippen molar-refractivity contribution in [1.29, 1.82) is 0 Å². The number of anilines is 1. The van der Waals surface area contributed by atoms with Crippen LogP contribution in [0.2, 0.25) is 4.34 Å². The monoisotopic (exact) mass is 575 g/mol. The van der Waals surface area contributed by atoms with Gasteiger partial charge in [0.25, 0.3) is 5.56 Å². The van der Waals surface area contributed by atoms with E-state index in [2.05, 4.69) is 10.3 Å². The lowest BCUT2D eigenvalue weighted by Gasteiger charge is -2.28. The summed E-state index contributed by atoms with van der Waals surface area (Å²) >= 11 is 7.06. The normalized spacial score (nSPS) is 20.2. The second-order valence-corrected chi connectivity index (χ2v) is 15.8. The highest BCUT2D eigenvalue weighted by atomic mass is 35.5. The van der Waals surface area contributed by atoms with Crippen LogP contribution in [0, 0.1) is 12.8 Å². The number of carbonyl (C=O) groups is 1. The third-order valence-corrected chi connectivity index (χ3v) is 12.1. The van der Waals surface area contributed by atoms with Gasteiger partial charge in [-0.3, -0.25) is 9.59 Å². The molecule has 198 valence electrons. The molecule has 36 heavy (non-hydrogen) atoms. The maximum atomic E-state index is 13.4. The molecule has 2 aromatic rings. The molecule has 0 unspecified atom stereocenters. The van der Waals surface area contributed by atoms with Gasteiger partial charge >= 0.3 is 0 Å². The van der Waals surface area contributed by atoms with Crippen molar-refractivity contribution < 1.29 is 21.6 Å². The molecule has 0 bridgehead atoms. The Hall–Kier alpha value is -1.76. The molecule has 0 aromatic carbocycles. The number of nitrogens with one attached hydrogen (secondary N) is 1. The fourth-order valence-corrected chi connectivity index (χ4v) is 9.63. The number of thiazole rings is 1. The molecule has 9 nitrogen and oxygen atoms in total. The number of halogens is 1. The Balaban J connectivity index is 1.65. The van der Waals surface area contributed by atoms with Crippen LogP contribution in [0.3, 0.4) is 0 Å². The van der Waals surface area contributed by atoms with Gasteiger partial charge in [-0.25, -0.2) is 21.8 Å². The van der Waals surface area contributed by atoms with E-state index in [1.165, 1.54) is 16.8 Å². The fraction of sp³-hybridized carbons (Fsp3) is 0.609. The lowest BCUT2D eigenvalue weighted by atomic mass is 9.84. The molecular formula is C23H30ClN3O6S3. The summed E-state index contributed by atoms with van der Waals surface area (Å²) in [5.74, 6) is -0.493. The Morgan fingerprint density at radius 2 is 1.86 bits per heavy atom. The van der Waals surface area contributed by atoms with Gasteiger partial charge in [-0.1, -0.05) is 55.0 Å². The number of amides is 1. The van der Waals surface area contributed by atoms with Crippen LogP contribution in [0.4, 0.5) is 5.13 Å². The van der Waals surface area contributed by atoms with Crippen LogP contribution in [0.15, 0.2) is 28.0 Å². The van der Waals surface area contributed by atoms with Crippen LogP contribution in [0.25, 0.3) is 0 Å². The Bertz CT molecular complexity index is 1380. The topological polar surface area (TPSA) is 132 Å². The number of carbonyl (C=O) groups excluding carboxylic acids is 1. The number of nitrogens with zero attached hydrogens (tertiary/aromatic N) is 2. The first-order chi connectivity index (χ1) is 17.0. The van der Waals surface area contributed by atoms with Crippen molar-refractivity contribution in [3.63, 3.8) is 0 Å². The first-order valence-electron chi connectivity index (χ1n) is 12.1. The van der Waals surface area contributed by atoms with E-state index in [9.17, 15) is 26.4 Å². The quantitative estimate of drug-likeness (QED) is 0.531. The third-order valence-electron chi connectivity index (χ3n) is 7.11. The van der Waals surface area contributed by atoms with Crippen molar-refractivity contribution in [2.75, 3.05) is 16.8 Å². The van der Waals surface area contributed by atoms with Crippen molar-refractivity contribution >= 4 is 53.7 Å². The molecule has 3 heterocycles. The average Bonchev–Trinajstić information content (AvgIpc) is 3.22. The fourth-order valence-electron chi connectivity index (χ4n) is 5.19. The number of pyridine rings is 1. The number of hydrogen-bond acceptors (Lipinski definition) is 8. The Morgan fingerprint density at radius 1 is 1.19 bits per heavy atom. The maximum Gasteiger partial charge on any atom is 0.252 e. The first kappa shape index (κ1) is 27.3. The molecule has 1 atom stereocenters. The molecule has 1 aliphatic carbocycles. The highest BCUT2D eigenvalue weighted by Crippen LogP contribution is 2.33. The van der Waals surface area contributed by atoms with Crippen LogP contribution in [0.1, 0.15) is 63.1 Å². The molecule has 2 fully saturated rings. The van der Waals surface area contributed by atoms with Gasteiger partial charge < -0.3 is 9.88 Å². The lowest BCUT2D eigenvalue weighted by Crippen LogP contribution is -2.37. The molecule has 0 spiro atoms. The van der Waals surface area contributed by atoms with Crippen molar-refractivity contribution in [2.45, 2.75) is 74.5 Å². The molecule has 1 amide bonds. The average molecular weight is 576 g/mol. The summed E-state index contributed by atoms with van der Waals surface area (Å²) in [6, 6.07) is 1.65. The predicted molar refractivity (Wildman–Crippen MR) is 140 cm³/mol. The summed E-state index contributed by atoms with van der Waals surface area (Å²) in [4.78, 5) is 30.6. The summed E-state index contributed by atoms with van der Waals surface area (Å²) < 4.78 is 51.8. The minimum Gasteiger partial charge on any atom is -0.300 e. The molecular weight excluding hydrogens is 546 g/mol. The summed E-state index contributed by atoms with van der Waals surface area (Å²) in [6.45, 7) is 1.62. The Labute approximate surface area is 220 Å². The van der Waals surface area contributed by atoms with E-state index in [0.29, 0.717) is 21.6 Å². The summed E-state index contributed by atoms with van der Waals surface area (Å²) in [7, 11) is -7.12. The van der Waals surface area contributed by atoms with Crippen molar-refractivity contribution in [3.8, 4) is 0 Å². The number of aromatic nitrogens is 2. The largest absolute Gasteiger partial charge is 0.300 e. The highest BCUT2D eigenvalue weighted by Gasteiger charge is 2.35. The van der Waals surface area contributed by atoms with E-state index >= 15 is 0 Å². The Morgan fingerprint density at radius 3 is 2.44 bits per heavy atom. The van der Waals surface area contributed by atoms with E-state index in [0.717, 1.165) is 49.5 Å². The van der Waals surface area contributed by atoms with Gasteiger partial charge in [0.2, 0.25) is 5.91 Å². The van der Waals surface area contributed by atoms with Crippen molar-refractivity contribution in [2.24, 2.45) is 5.92 Å². The Kier molecular flexibility index (Phi) is 8.28. The van der Waals surface area contributed by atoms with E-state index in [1.807, 2.05) is 0 Å². The number of hydrogen-bond donors (Lipinski definition) is 1. The van der Waals surface area contributed by atoms with Crippen LogP contribution in [-0.4, -0.2) is 49.0 Å². The van der Waals surface area contributed by atoms with Gasteiger partial charge in [-0.05, 0) is 38.2 Å². The first-order valence-corrected chi connectivity index (χ1v) is 16.6. The van der Waals surface area contributed by atoms with Gasteiger partial charge in [0.1, 0.15) is 20.2 Å². The molecule has 1 saturated heterocycles. The zero-order chi connectivity index (χ0) is 26.1. The molecule has 1 aliphatic heterocycles. The summed E-state index contributed by atoms with van der Waals surface area (Å²) in [6.07, 6.45) is 7.15. The molecule has 0 radical (unpaired) electrons. The lowest BCUT2D eigenvalue weighted by molar-refractivity contribution is -0.120. The second-order valence-electron chi connectivity index (χ2n) is 9.65. The van der Waals surface area contributed by atoms with Crippen LogP contribution in [0.5, 0.6) is 0 Å². The van der Waals surface area contributed by atoms with Gasteiger partial charge in [0, 0.05) is 11.8 Å². The van der Waals surface area contributed by atoms with Crippen molar-refractivity contribution in [3.05, 3.63) is 38.7 Å². The number of sulfone groups is 2. The van der Waals surface area contributed by atoms with Crippen LogP contribution in [-0.2, 0) is 24.5 Å². The predicted octanol–water partition coefficient (Wildman–Crippen LogP) is 3.77. The minimum atomic E-state index is -3.89. The summed E-state index contributed by atoms with van der Waals surface area (Å²) in [5, 5.41) is 2.23. The molecule has 13 heteroatoms. The smallest absolute Gasteiger partial charge is 0.252 e. The van der Waals surface area contributed by atoms with E-state index in [1.54, 1.807) is 6.92 Å². The van der Waals surface area contributed by atoms with E-state index in [4.69, 9.17) is 11.6 Å². The third kappa shape index (κ3) is 6.20. The zero-order valence-electron chi connectivity index (χ0n) is 20.0. The molecule has 2 aliphatic rings. The highest BCUT2D eigenvalue weighted by molar-refractivity contribution is 7.93. The number of rotatable bonds is 7. The van der Waals surface area contributed by atoms with Crippen LogP contribution >= 0.6 is 22.9 Å². The van der Waals surface area contributed by atoms with Gasteiger partial charge in [0.05, 0.1) is 27.8 Å². The van der Waals surface area contributed by atoms with Gasteiger partial charge in [0.15, 0.2) is 15.0 Å². The van der Waals surface area contributed by atoms with Crippen LogP contribution < -0.4 is 10.9 Å². The molecule has 1 saturated carbocycles. The summed E-state index contributed by atoms with van der Waals surface area (Å²) in [5.41, 5.74) is -0.220. The minimum absolute atomic E-state index is 0.00980. The SMILES string of the molecule is Cc1cc(S(=O)(=O)C2CCS(=O)(=O)CC2)cc(=O)n1[C@H](CC1CCCCC1)C(=O)Nc1ncc(Cl)s1. The second kappa shape index (κ2) is 10.9. The number of aryl methyl sites for hydroxylation is 1. The zero-order valence-corrected chi connectivity index (χ0v) is 23.2. The van der Waals surface area contributed by atoms with Crippen molar-refractivity contribution in [1.82, 2.24) is 9.55 Å².